The van der Waals surface area contributed by atoms with Crippen LogP contribution in [0.1, 0.15) is 12.8 Å². The molecule has 0 aliphatic heterocycles. The summed E-state index contributed by atoms with van der Waals surface area (Å²) in [5.41, 5.74) is 11.0. The molecular weight excluding hydrogens is 180 g/mol. The van der Waals surface area contributed by atoms with Gasteiger partial charge in [-0.15, -0.1) is 0 Å². The van der Waals surface area contributed by atoms with Gasteiger partial charge in [-0.3, -0.25) is 0 Å². The van der Waals surface area contributed by atoms with E-state index in [1.807, 2.05) is 0 Å². The zero-order valence-corrected chi connectivity index (χ0v) is 11.0. The standard InChI is InChI=1S/C8H24N2Si2/c1-12(2,8-4-6-10)11-7-3-5-9/h3-11H2,1-2H3. The summed E-state index contributed by atoms with van der Waals surface area (Å²) < 4.78 is 0. The summed E-state index contributed by atoms with van der Waals surface area (Å²) in [7, 11) is -0.547. The first-order valence-electron chi connectivity index (χ1n) is 5.02. The molecule has 0 bridgehead atoms. The summed E-state index contributed by atoms with van der Waals surface area (Å²) in [5.74, 6) is 0. The van der Waals surface area contributed by atoms with Crippen molar-refractivity contribution < 1.29 is 0 Å². The van der Waals surface area contributed by atoms with E-state index in [9.17, 15) is 0 Å². The van der Waals surface area contributed by atoms with Crippen molar-refractivity contribution in [3.8, 4) is 0 Å². The van der Waals surface area contributed by atoms with Crippen LogP contribution in [-0.2, 0) is 0 Å². The van der Waals surface area contributed by atoms with Gasteiger partial charge in [-0.2, -0.15) is 0 Å². The Morgan fingerprint density at radius 1 is 1.08 bits per heavy atom. The number of hydrogen-bond acceptors (Lipinski definition) is 2. The second-order valence-electron chi connectivity index (χ2n) is 4.30. The van der Waals surface area contributed by atoms with Crippen LogP contribution in [-0.4, -0.2) is 29.7 Å². The van der Waals surface area contributed by atoms with Gasteiger partial charge in [-0.1, -0.05) is 25.2 Å². The lowest BCUT2D eigenvalue weighted by atomic mass is 10.5. The van der Waals surface area contributed by atoms with Crippen LogP contribution >= 0.6 is 0 Å². The van der Waals surface area contributed by atoms with Crippen LogP contribution in [0.3, 0.4) is 0 Å². The molecule has 0 fully saturated rings. The molecule has 0 aromatic rings. The van der Waals surface area contributed by atoms with E-state index in [2.05, 4.69) is 13.1 Å². The molecule has 0 aliphatic carbocycles. The van der Waals surface area contributed by atoms with Gasteiger partial charge >= 0.3 is 0 Å². The molecule has 0 saturated carbocycles. The van der Waals surface area contributed by atoms with E-state index in [0.717, 1.165) is 13.1 Å². The van der Waals surface area contributed by atoms with Gasteiger partial charge < -0.3 is 11.5 Å². The summed E-state index contributed by atoms with van der Waals surface area (Å²) in [5, 5.41) is 0. The Labute approximate surface area is 79.7 Å². The van der Waals surface area contributed by atoms with E-state index in [-0.39, 0.29) is 9.04 Å². The van der Waals surface area contributed by atoms with E-state index in [4.69, 9.17) is 11.5 Å². The van der Waals surface area contributed by atoms with Crippen LogP contribution in [0, 0.1) is 0 Å². The van der Waals surface area contributed by atoms with Gasteiger partial charge in [0.25, 0.3) is 0 Å². The summed E-state index contributed by atoms with van der Waals surface area (Å²) in [6, 6.07) is 2.90. The first kappa shape index (κ1) is 12.4. The zero-order chi connectivity index (χ0) is 9.45. The van der Waals surface area contributed by atoms with E-state index >= 15 is 0 Å². The van der Waals surface area contributed by atoms with Crippen molar-refractivity contribution in [3.05, 3.63) is 0 Å². The lowest BCUT2D eigenvalue weighted by Crippen LogP contribution is -2.34. The van der Waals surface area contributed by atoms with Crippen LogP contribution in [0.25, 0.3) is 0 Å². The van der Waals surface area contributed by atoms with Crippen molar-refractivity contribution in [3.63, 3.8) is 0 Å². The highest BCUT2D eigenvalue weighted by Crippen LogP contribution is 2.11. The fourth-order valence-electron chi connectivity index (χ4n) is 1.45. The van der Waals surface area contributed by atoms with Crippen molar-refractivity contribution in [2.24, 2.45) is 11.5 Å². The van der Waals surface area contributed by atoms with Crippen LogP contribution in [0.2, 0.25) is 25.2 Å². The quantitative estimate of drug-likeness (QED) is 0.468. The minimum Gasteiger partial charge on any atom is -0.330 e. The van der Waals surface area contributed by atoms with Gasteiger partial charge in [0.05, 0.1) is 0 Å². The molecule has 0 aromatic carbocycles. The zero-order valence-electron chi connectivity index (χ0n) is 8.60. The summed E-state index contributed by atoms with van der Waals surface area (Å²) >= 11 is 0. The Balaban J connectivity index is 3.42. The lowest BCUT2D eigenvalue weighted by molar-refractivity contribution is 0.912. The number of nitrogens with two attached hydrogens (primary N) is 2. The SMILES string of the molecule is C[Si](C)(CCCN)[SiH2]CCCN. The highest BCUT2D eigenvalue weighted by molar-refractivity contribution is 7.23. The van der Waals surface area contributed by atoms with Gasteiger partial charge in [-0.25, -0.2) is 0 Å². The van der Waals surface area contributed by atoms with Crippen molar-refractivity contribution in [1.82, 2.24) is 0 Å². The van der Waals surface area contributed by atoms with Gasteiger partial charge in [-0.05, 0) is 25.9 Å². The van der Waals surface area contributed by atoms with Gasteiger partial charge in [0.1, 0.15) is 0 Å². The van der Waals surface area contributed by atoms with Crippen LogP contribution < -0.4 is 11.5 Å². The third-order valence-electron chi connectivity index (χ3n) is 2.37. The minimum atomic E-state index is -0.758. The molecule has 0 saturated heterocycles. The highest BCUT2D eigenvalue weighted by atomic mass is 29.2. The molecule has 4 heteroatoms. The third kappa shape index (κ3) is 7.03. The van der Waals surface area contributed by atoms with Gasteiger partial charge in [0.2, 0.25) is 0 Å². The molecule has 0 amide bonds. The Hall–Kier alpha value is 0.354. The average molecular weight is 204 g/mol. The molecule has 0 spiro atoms. The maximum Gasteiger partial charge on any atom is 0.0341 e. The molecular formula is C8H24N2Si2. The Morgan fingerprint density at radius 3 is 2.17 bits per heavy atom. The predicted octanol–water partition coefficient (Wildman–Crippen LogP) is 0.476. The van der Waals surface area contributed by atoms with Crippen molar-refractivity contribution in [2.75, 3.05) is 13.1 Å². The first-order valence-corrected chi connectivity index (χ1v) is 11.6. The molecule has 0 aliphatic rings. The monoisotopic (exact) mass is 204 g/mol. The number of hydrogen-bond donors (Lipinski definition) is 2. The van der Waals surface area contributed by atoms with E-state index in [1.54, 1.807) is 0 Å². The van der Waals surface area contributed by atoms with E-state index in [0.29, 0.717) is 0 Å². The smallest absolute Gasteiger partial charge is 0.0341 e. The minimum absolute atomic E-state index is 0.211. The van der Waals surface area contributed by atoms with Crippen molar-refractivity contribution in [2.45, 2.75) is 38.0 Å². The fraction of sp³-hybridized carbons (Fsp3) is 1.00. The van der Waals surface area contributed by atoms with Gasteiger partial charge in [0.15, 0.2) is 0 Å². The molecule has 0 unspecified atom stereocenters. The molecule has 74 valence electrons. The molecule has 0 aromatic heterocycles. The lowest BCUT2D eigenvalue weighted by Gasteiger charge is -2.21. The molecule has 12 heavy (non-hydrogen) atoms. The Bertz CT molecular complexity index is 107. The largest absolute Gasteiger partial charge is 0.330 e. The summed E-state index contributed by atoms with van der Waals surface area (Å²) in [4.78, 5) is 0. The predicted molar refractivity (Wildman–Crippen MR) is 63.0 cm³/mol. The molecule has 2 nitrogen and oxygen atoms in total. The van der Waals surface area contributed by atoms with Crippen LogP contribution in [0.4, 0.5) is 0 Å². The first-order chi connectivity index (χ1) is 5.62. The van der Waals surface area contributed by atoms with E-state index in [1.165, 1.54) is 24.9 Å². The van der Waals surface area contributed by atoms with Crippen LogP contribution in [0.15, 0.2) is 0 Å². The van der Waals surface area contributed by atoms with Gasteiger partial charge in [0, 0.05) is 16.6 Å². The second-order valence-corrected chi connectivity index (χ2v) is 17.6. The van der Waals surface area contributed by atoms with E-state index < -0.39 is 7.59 Å². The number of rotatable bonds is 7. The highest BCUT2D eigenvalue weighted by Gasteiger charge is 2.18. The van der Waals surface area contributed by atoms with Crippen LogP contribution in [0.5, 0.6) is 0 Å². The second kappa shape index (κ2) is 6.83. The van der Waals surface area contributed by atoms with Crippen molar-refractivity contribution in [1.29, 1.82) is 0 Å². The molecule has 0 rings (SSSR count). The molecule has 0 heterocycles. The summed E-state index contributed by atoms with van der Waals surface area (Å²) in [6.07, 6.45) is 2.50. The average Bonchev–Trinajstić information content (AvgIpc) is 2.01. The Morgan fingerprint density at radius 2 is 1.67 bits per heavy atom. The maximum absolute atomic E-state index is 5.51. The molecule has 0 radical (unpaired) electrons. The normalized spacial score (nSPS) is 13.0. The third-order valence-corrected chi connectivity index (χ3v) is 12.5. The Kier molecular flexibility index (Phi) is 7.03. The maximum atomic E-state index is 5.51. The summed E-state index contributed by atoms with van der Waals surface area (Å²) in [6.45, 7) is 6.80. The topological polar surface area (TPSA) is 52.0 Å². The fourth-order valence-corrected chi connectivity index (χ4v) is 9.48. The van der Waals surface area contributed by atoms with Crippen molar-refractivity contribution >= 4 is 16.6 Å². The molecule has 4 N–H and O–H groups in total. The molecule has 0 atom stereocenters.